The van der Waals surface area contributed by atoms with Crippen LogP contribution in [-0.4, -0.2) is 24.1 Å². The van der Waals surface area contributed by atoms with Crippen LogP contribution < -0.4 is 10.1 Å². The summed E-state index contributed by atoms with van der Waals surface area (Å²) in [4.78, 5) is 23.5. The smallest absolute Gasteiger partial charge is 0.339 e. The van der Waals surface area contributed by atoms with Crippen LogP contribution in [0, 0.1) is 17.6 Å². The summed E-state index contributed by atoms with van der Waals surface area (Å²) in [6.45, 7) is 0.171. The first kappa shape index (κ1) is 17.8. The topological polar surface area (TPSA) is 75.6 Å². The minimum absolute atomic E-state index is 0.0188. The Kier molecular flexibility index (Phi) is 4.88. The fourth-order valence-electron chi connectivity index (χ4n) is 2.95. The third-order valence-corrected chi connectivity index (χ3v) is 4.46. The second-order valence-electron chi connectivity index (χ2n) is 6.18. The third-order valence-electron chi connectivity index (χ3n) is 4.46. The van der Waals surface area contributed by atoms with Crippen molar-refractivity contribution in [2.75, 3.05) is 7.11 Å². The lowest BCUT2D eigenvalue weighted by molar-refractivity contribution is -0.122. The van der Waals surface area contributed by atoms with E-state index in [1.807, 2.05) is 0 Å². The summed E-state index contributed by atoms with van der Waals surface area (Å²) in [5.41, 5.74) is 1.24. The number of halogens is 2. The Labute approximate surface area is 148 Å². The molecule has 136 valence electrons. The van der Waals surface area contributed by atoms with Gasteiger partial charge in [-0.1, -0.05) is 12.1 Å². The Morgan fingerprint density at radius 3 is 2.62 bits per heavy atom. The van der Waals surface area contributed by atoms with Gasteiger partial charge < -0.3 is 15.2 Å². The van der Waals surface area contributed by atoms with Crippen LogP contribution in [0.25, 0.3) is 0 Å². The summed E-state index contributed by atoms with van der Waals surface area (Å²) in [6.07, 6.45) is 0.569. The summed E-state index contributed by atoms with van der Waals surface area (Å²) in [5.74, 6) is -3.33. The molecule has 26 heavy (non-hydrogen) atoms. The van der Waals surface area contributed by atoms with E-state index in [1.165, 1.54) is 25.3 Å². The Balaban J connectivity index is 1.61. The van der Waals surface area contributed by atoms with Crippen molar-refractivity contribution >= 4 is 11.9 Å². The normalized spacial score (nSPS) is 18.3. The second-order valence-corrected chi connectivity index (χ2v) is 6.18. The number of carbonyl (C=O) groups is 2. The highest BCUT2D eigenvalue weighted by Gasteiger charge is 2.44. The molecule has 1 aliphatic carbocycles. The van der Waals surface area contributed by atoms with Gasteiger partial charge in [0.2, 0.25) is 5.91 Å². The van der Waals surface area contributed by atoms with Gasteiger partial charge >= 0.3 is 5.97 Å². The predicted molar refractivity (Wildman–Crippen MR) is 89.0 cm³/mol. The van der Waals surface area contributed by atoms with Crippen molar-refractivity contribution in [3.63, 3.8) is 0 Å². The fourth-order valence-corrected chi connectivity index (χ4v) is 2.95. The molecule has 1 aliphatic rings. The number of benzene rings is 2. The van der Waals surface area contributed by atoms with Crippen molar-refractivity contribution in [1.29, 1.82) is 0 Å². The van der Waals surface area contributed by atoms with E-state index in [-0.39, 0.29) is 35.6 Å². The molecule has 5 nitrogen and oxygen atoms in total. The molecule has 0 spiro atoms. The molecule has 0 heterocycles. The average molecular weight is 361 g/mol. The highest BCUT2D eigenvalue weighted by molar-refractivity contribution is 5.91. The summed E-state index contributed by atoms with van der Waals surface area (Å²) in [6, 6.07) is 8.32. The number of rotatable bonds is 6. The summed E-state index contributed by atoms with van der Waals surface area (Å²) < 4.78 is 31.3. The maximum Gasteiger partial charge on any atom is 0.339 e. The molecule has 2 aromatic rings. The van der Waals surface area contributed by atoms with Crippen molar-refractivity contribution in [3.05, 3.63) is 64.7 Å². The van der Waals surface area contributed by atoms with Gasteiger partial charge in [0.1, 0.15) is 11.3 Å². The summed E-state index contributed by atoms with van der Waals surface area (Å²) >= 11 is 0. The quantitative estimate of drug-likeness (QED) is 0.829. The molecule has 2 atom stereocenters. The van der Waals surface area contributed by atoms with Gasteiger partial charge in [0.25, 0.3) is 0 Å². The third kappa shape index (κ3) is 3.66. The van der Waals surface area contributed by atoms with E-state index < -0.39 is 17.6 Å². The number of hydrogen-bond donors (Lipinski definition) is 2. The lowest BCUT2D eigenvalue weighted by atomic mass is 10.1. The zero-order valence-corrected chi connectivity index (χ0v) is 14.0. The van der Waals surface area contributed by atoms with Crippen molar-refractivity contribution in [3.8, 4) is 5.75 Å². The van der Waals surface area contributed by atoms with Gasteiger partial charge in [-0.25, -0.2) is 13.6 Å². The number of carbonyl (C=O) groups excluding carboxylic acids is 1. The molecule has 0 aliphatic heterocycles. The number of methoxy groups -OCH3 is 1. The van der Waals surface area contributed by atoms with Crippen LogP contribution in [0.15, 0.2) is 36.4 Å². The standard InChI is InChI=1S/C19H17F2NO4/c1-26-17-5-2-10(6-14(17)19(24)25)9-22-18(23)13-8-12(13)11-3-4-15(20)16(21)7-11/h2-7,12-13H,8-9H2,1H3,(H,22,23)(H,24,25)/t12-,13+/m1/s1. The first-order valence-electron chi connectivity index (χ1n) is 8.03. The fraction of sp³-hybridized carbons (Fsp3) is 0.263. The number of ether oxygens (including phenoxy) is 1. The van der Waals surface area contributed by atoms with E-state index in [2.05, 4.69) is 5.32 Å². The number of amides is 1. The summed E-state index contributed by atoms with van der Waals surface area (Å²) in [7, 11) is 1.38. The average Bonchev–Trinajstić information content (AvgIpc) is 3.42. The number of carboxylic acid groups (broad SMARTS) is 1. The van der Waals surface area contributed by atoms with E-state index in [0.29, 0.717) is 17.5 Å². The first-order valence-corrected chi connectivity index (χ1v) is 8.03. The maximum absolute atomic E-state index is 13.3. The largest absolute Gasteiger partial charge is 0.496 e. The Morgan fingerprint density at radius 2 is 1.96 bits per heavy atom. The molecular weight excluding hydrogens is 344 g/mol. The van der Waals surface area contributed by atoms with E-state index in [4.69, 9.17) is 4.74 Å². The van der Waals surface area contributed by atoms with Gasteiger partial charge in [-0.3, -0.25) is 4.79 Å². The van der Waals surface area contributed by atoms with Crippen molar-refractivity contribution < 1.29 is 28.2 Å². The zero-order chi connectivity index (χ0) is 18.8. The molecule has 0 unspecified atom stereocenters. The number of carboxylic acids is 1. The SMILES string of the molecule is COc1ccc(CNC(=O)[C@H]2C[C@@H]2c2ccc(F)c(F)c2)cc1C(=O)O. The first-order chi connectivity index (χ1) is 12.4. The molecule has 1 fully saturated rings. The van der Waals surface area contributed by atoms with Gasteiger partial charge in [-0.05, 0) is 47.7 Å². The van der Waals surface area contributed by atoms with Crippen molar-refractivity contribution in [1.82, 2.24) is 5.32 Å². The van der Waals surface area contributed by atoms with Crippen LogP contribution in [0.4, 0.5) is 8.78 Å². The lowest BCUT2D eigenvalue weighted by Crippen LogP contribution is -2.25. The Hall–Kier alpha value is -2.96. The molecule has 3 rings (SSSR count). The minimum atomic E-state index is -1.12. The molecule has 0 radical (unpaired) electrons. The molecule has 7 heteroatoms. The van der Waals surface area contributed by atoms with Gasteiger partial charge in [0.15, 0.2) is 11.6 Å². The van der Waals surface area contributed by atoms with Crippen LogP contribution >= 0.6 is 0 Å². The van der Waals surface area contributed by atoms with E-state index in [0.717, 1.165) is 12.1 Å². The van der Waals surface area contributed by atoms with Gasteiger partial charge in [0.05, 0.1) is 7.11 Å². The molecule has 0 aromatic heterocycles. The molecule has 0 saturated heterocycles. The Bertz CT molecular complexity index is 869. The van der Waals surface area contributed by atoms with Crippen LogP contribution in [0.2, 0.25) is 0 Å². The zero-order valence-electron chi connectivity index (χ0n) is 14.0. The van der Waals surface area contributed by atoms with E-state index >= 15 is 0 Å². The van der Waals surface area contributed by atoms with Crippen LogP contribution in [0.3, 0.4) is 0 Å². The molecule has 1 saturated carbocycles. The molecule has 1 amide bonds. The van der Waals surface area contributed by atoms with Gasteiger partial charge in [-0.15, -0.1) is 0 Å². The second kappa shape index (κ2) is 7.11. The molecule has 2 N–H and O–H groups in total. The van der Waals surface area contributed by atoms with Crippen molar-refractivity contribution in [2.24, 2.45) is 5.92 Å². The van der Waals surface area contributed by atoms with E-state index in [1.54, 1.807) is 6.07 Å². The molecule has 2 aromatic carbocycles. The van der Waals surface area contributed by atoms with Crippen LogP contribution in [-0.2, 0) is 11.3 Å². The maximum atomic E-state index is 13.3. The minimum Gasteiger partial charge on any atom is -0.496 e. The van der Waals surface area contributed by atoms with Gasteiger partial charge in [0, 0.05) is 12.5 Å². The number of aromatic carboxylic acids is 1. The number of nitrogens with one attached hydrogen (secondary N) is 1. The highest BCUT2D eigenvalue weighted by Crippen LogP contribution is 2.47. The van der Waals surface area contributed by atoms with E-state index in [9.17, 15) is 23.5 Å². The van der Waals surface area contributed by atoms with Crippen molar-refractivity contribution in [2.45, 2.75) is 18.9 Å². The molecular formula is C19H17F2NO4. The predicted octanol–water partition coefficient (Wildman–Crippen LogP) is 3.09. The molecule has 0 bridgehead atoms. The van der Waals surface area contributed by atoms with Gasteiger partial charge in [-0.2, -0.15) is 0 Å². The van der Waals surface area contributed by atoms with Crippen LogP contribution in [0.1, 0.15) is 33.8 Å². The van der Waals surface area contributed by atoms with Crippen LogP contribution in [0.5, 0.6) is 5.75 Å². The lowest BCUT2D eigenvalue weighted by Gasteiger charge is -2.09. The Morgan fingerprint density at radius 1 is 1.19 bits per heavy atom. The summed E-state index contributed by atoms with van der Waals surface area (Å²) in [5, 5.41) is 11.9. The monoisotopic (exact) mass is 361 g/mol. The number of hydrogen-bond acceptors (Lipinski definition) is 3. The highest BCUT2D eigenvalue weighted by atomic mass is 19.2.